The first kappa shape index (κ1) is 16.3. The summed E-state index contributed by atoms with van der Waals surface area (Å²) >= 11 is 0. The first-order valence-corrected chi connectivity index (χ1v) is 6.76. The molecule has 0 aromatic heterocycles. The lowest BCUT2D eigenvalue weighted by molar-refractivity contribution is -0.162. The summed E-state index contributed by atoms with van der Waals surface area (Å²) in [6, 6.07) is 0. The van der Waals surface area contributed by atoms with E-state index >= 15 is 0 Å². The molecule has 0 fully saturated rings. The van der Waals surface area contributed by atoms with Crippen LogP contribution < -0.4 is 0 Å². The first-order valence-electron chi connectivity index (χ1n) is 5.15. The molecule has 0 saturated carbocycles. The average Bonchev–Trinajstić information content (AvgIpc) is 2.26. The molecule has 7 nitrogen and oxygen atoms in total. The molecule has 0 aromatic carbocycles. The van der Waals surface area contributed by atoms with Crippen LogP contribution in [-0.4, -0.2) is 54.7 Å². The van der Waals surface area contributed by atoms with Gasteiger partial charge in [-0.25, -0.2) is 0 Å². The van der Waals surface area contributed by atoms with Crippen molar-refractivity contribution in [2.75, 3.05) is 25.6 Å². The van der Waals surface area contributed by atoms with E-state index in [-0.39, 0.29) is 19.4 Å². The average molecular weight is 270 g/mol. The highest BCUT2D eigenvalue weighted by Crippen LogP contribution is 2.22. The van der Waals surface area contributed by atoms with Crippen molar-refractivity contribution < 1.29 is 32.7 Å². The minimum absolute atomic E-state index is 0.0405. The van der Waals surface area contributed by atoms with Crippen LogP contribution in [-0.2, 0) is 19.6 Å². The second-order valence-electron chi connectivity index (χ2n) is 3.73. The van der Waals surface area contributed by atoms with E-state index < -0.39 is 40.5 Å². The summed E-state index contributed by atoms with van der Waals surface area (Å²) in [7, 11) is -4.06. The van der Waals surface area contributed by atoms with Crippen LogP contribution >= 0.6 is 0 Å². The van der Waals surface area contributed by atoms with Gasteiger partial charge in [0.1, 0.15) is 5.41 Å². The molecule has 8 heteroatoms. The Labute approximate surface area is 100 Å². The molecule has 17 heavy (non-hydrogen) atoms. The lowest BCUT2D eigenvalue weighted by Crippen LogP contribution is -2.39. The maximum Gasteiger partial charge on any atom is 0.316 e. The quantitative estimate of drug-likeness (QED) is 0.299. The van der Waals surface area contributed by atoms with Crippen LogP contribution in [0.15, 0.2) is 0 Å². The predicted molar refractivity (Wildman–Crippen MR) is 58.9 cm³/mol. The fourth-order valence-electron chi connectivity index (χ4n) is 1.11. The Morgan fingerprint density at radius 3 is 2.18 bits per heavy atom. The number of hydrogen-bond acceptors (Lipinski definition) is 6. The molecule has 3 N–H and O–H groups in total. The van der Waals surface area contributed by atoms with Gasteiger partial charge in [0, 0.05) is 0 Å². The lowest BCUT2D eigenvalue weighted by atomic mass is 9.87. The summed E-state index contributed by atoms with van der Waals surface area (Å²) in [5.41, 5.74) is -1.35. The van der Waals surface area contributed by atoms with E-state index in [4.69, 9.17) is 19.5 Å². The molecular formula is C9H18O7S. The zero-order chi connectivity index (χ0) is 13.5. The number of aliphatic hydroxyl groups is 2. The van der Waals surface area contributed by atoms with Gasteiger partial charge in [0.25, 0.3) is 10.1 Å². The van der Waals surface area contributed by atoms with Gasteiger partial charge in [-0.15, -0.1) is 0 Å². The molecule has 0 heterocycles. The van der Waals surface area contributed by atoms with Gasteiger partial charge >= 0.3 is 5.97 Å². The zero-order valence-electron chi connectivity index (χ0n) is 9.63. The van der Waals surface area contributed by atoms with Gasteiger partial charge in [-0.1, -0.05) is 6.92 Å². The van der Waals surface area contributed by atoms with Crippen LogP contribution in [0.3, 0.4) is 0 Å². The van der Waals surface area contributed by atoms with Gasteiger partial charge < -0.3 is 14.9 Å². The monoisotopic (exact) mass is 270 g/mol. The summed E-state index contributed by atoms with van der Waals surface area (Å²) in [4.78, 5) is 11.5. The third kappa shape index (κ3) is 5.44. The van der Waals surface area contributed by atoms with E-state index in [9.17, 15) is 13.2 Å². The van der Waals surface area contributed by atoms with Gasteiger partial charge in [-0.2, -0.15) is 8.42 Å². The SMILES string of the molecule is CCC(CO)(CO)C(=O)OCCCS(=O)(=O)O. The summed E-state index contributed by atoms with van der Waals surface area (Å²) in [5.74, 6) is -1.28. The summed E-state index contributed by atoms with van der Waals surface area (Å²) in [6.45, 7) is 0.334. The molecule has 0 aliphatic rings. The van der Waals surface area contributed by atoms with Gasteiger partial charge in [0.2, 0.25) is 0 Å². The molecule has 0 amide bonds. The Kier molecular flexibility index (Phi) is 6.61. The summed E-state index contributed by atoms with van der Waals surface area (Å²) < 4.78 is 33.9. The second-order valence-corrected chi connectivity index (χ2v) is 5.30. The van der Waals surface area contributed by atoms with Crippen molar-refractivity contribution in [2.45, 2.75) is 19.8 Å². The third-order valence-electron chi connectivity index (χ3n) is 2.49. The number of aliphatic hydroxyl groups excluding tert-OH is 2. The number of esters is 1. The standard InChI is InChI=1S/C9H18O7S/c1-2-9(6-10,7-11)8(12)16-4-3-5-17(13,14)15/h10-11H,2-7H2,1H3,(H,13,14,15). The van der Waals surface area contributed by atoms with Crippen LogP contribution in [0.5, 0.6) is 0 Å². The van der Waals surface area contributed by atoms with Crippen molar-refractivity contribution in [3.05, 3.63) is 0 Å². The minimum Gasteiger partial charge on any atom is -0.465 e. The van der Waals surface area contributed by atoms with Crippen molar-refractivity contribution >= 4 is 16.1 Å². The molecule has 0 rings (SSSR count). The summed E-state index contributed by atoms with van der Waals surface area (Å²) in [5, 5.41) is 18.1. The van der Waals surface area contributed by atoms with Gasteiger partial charge in [-0.05, 0) is 12.8 Å². The van der Waals surface area contributed by atoms with Gasteiger partial charge in [0.15, 0.2) is 0 Å². The van der Waals surface area contributed by atoms with E-state index in [1.165, 1.54) is 0 Å². The highest BCUT2D eigenvalue weighted by atomic mass is 32.2. The van der Waals surface area contributed by atoms with Gasteiger partial charge in [0.05, 0.1) is 25.6 Å². The van der Waals surface area contributed by atoms with Crippen molar-refractivity contribution in [1.29, 1.82) is 0 Å². The van der Waals surface area contributed by atoms with E-state index in [1.807, 2.05) is 0 Å². The number of carbonyl (C=O) groups is 1. The van der Waals surface area contributed by atoms with Crippen LogP contribution in [0.25, 0.3) is 0 Å². The fourth-order valence-corrected chi connectivity index (χ4v) is 1.59. The number of carbonyl (C=O) groups excluding carboxylic acids is 1. The van der Waals surface area contributed by atoms with Crippen molar-refractivity contribution in [3.8, 4) is 0 Å². The first-order chi connectivity index (χ1) is 7.81. The predicted octanol–water partition coefficient (Wildman–Crippen LogP) is -0.811. The highest BCUT2D eigenvalue weighted by molar-refractivity contribution is 7.85. The van der Waals surface area contributed by atoms with Crippen LogP contribution in [0, 0.1) is 5.41 Å². The molecule has 0 spiro atoms. The molecule has 0 unspecified atom stereocenters. The number of rotatable bonds is 8. The normalized spacial score (nSPS) is 12.5. The largest absolute Gasteiger partial charge is 0.465 e. The molecule has 0 aromatic rings. The van der Waals surface area contributed by atoms with E-state index in [0.29, 0.717) is 0 Å². The molecular weight excluding hydrogens is 252 g/mol. The van der Waals surface area contributed by atoms with Crippen molar-refractivity contribution in [2.24, 2.45) is 5.41 Å². The lowest BCUT2D eigenvalue weighted by Gasteiger charge is -2.25. The van der Waals surface area contributed by atoms with Crippen molar-refractivity contribution in [1.82, 2.24) is 0 Å². The molecule has 0 aliphatic carbocycles. The van der Waals surface area contributed by atoms with Crippen LogP contribution in [0.2, 0.25) is 0 Å². The zero-order valence-corrected chi connectivity index (χ0v) is 10.4. The summed E-state index contributed by atoms with van der Waals surface area (Å²) in [6.07, 6.45) is 0.165. The Morgan fingerprint density at radius 1 is 1.29 bits per heavy atom. The number of ether oxygens (including phenoxy) is 1. The Balaban J connectivity index is 4.17. The molecule has 0 radical (unpaired) electrons. The van der Waals surface area contributed by atoms with Crippen LogP contribution in [0.1, 0.15) is 19.8 Å². The van der Waals surface area contributed by atoms with E-state index in [1.54, 1.807) is 6.92 Å². The minimum atomic E-state index is -4.06. The Morgan fingerprint density at radius 2 is 1.82 bits per heavy atom. The number of hydrogen-bond donors (Lipinski definition) is 3. The maximum atomic E-state index is 11.5. The molecule has 0 aliphatic heterocycles. The van der Waals surface area contributed by atoms with Crippen LogP contribution in [0.4, 0.5) is 0 Å². The maximum absolute atomic E-state index is 11.5. The Bertz CT molecular complexity index is 323. The third-order valence-corrected chi connectivity index (χ3v) is 3.30. The van der Waals surface area contributed by atoms with Crippen molar-refractivity contribution in [3.63, 3.8) is 0 Å². The smallest absolute Gasteiger partial charge is 0.316 e. The highest BCUT2D eigenvalue weighted by Gasteiger charge is 2.37. The van der Waals surface area contributed by atoms with E-state index in [2.05, 4.69) is 0 Å². The topological polar surface area (TPSA) is 121 Å². The van der Waals surface area contributed by atoms with E-state index in [0.717, 1.165) is 0 Å². The molecule has 0 bridgehead atoms. The molecule has 0 saturated heterocycles. The fraction of sp³-hybridized carbons (Fsp3) is 0.889. The van der Waals surface area contributed by atoms with Gasteiger partial charge in [-0.3, -0.25) is 9.35 Å². The molecule has 102 valence electrons. The Hall–Kier alpha value is -0.700. The second kappa shape index (κ2) is 6.90. The molecule has 0 atom stereocenters.